The summed E-state index contributed by atoms with van der Waals surface area (Å²) < 4.78 is 13.7. The lowest BCUT2D eigenvalue weighted by atomic mass is 10.1. The summed E-state index contributed by atoms with van der Waals surface area (Å²) in [5.74, 6) is 2.64. The second-order valence-corrected chi connectivity index (χ2v) is 8.93. The van der Waals surface area contributed by atoms with Crippen LogP contribution < -0.4 is 14.8 Å². The number of ether oxygens (including phenoxy) is 2. The van der Waals surface area contributed by atoms with E-state index >= 15 is 0 Å². The zero-order chi connectivity index (χ0) is 25.2. The van der Waals surface area contributed by atoms with Crippen LogP contribution in [0.5, 0.6) is 11.5 Å². The van der Waals surface area contributed by atoms with E-state index in [0.29, 0.717) is 26.1 Å². The van der Waals surface area contributed by atoms with E-state index in [1.165, 1.54) is 0 Å². The number of aryl methyl sites for hydroxylation is 2. The Balaban J connectivity index is 1.25. The summed E-state index contributed by atoms with van der Waals surface area (Å²) in [7, 11) is 1.65. The monoisotopic (exact) mass is 485 g/mol. The van der Waals surface area contributed by atoms with Crippen molar-refractivity contribution in [2.75, 3.05) is 20.3 Å². The third-order valence-electron chi connectivity index (χ3n) is 6.39. The van der Waals surface area contributed by atoms with Crippen LogP contribution in [0, 0.1) is 6.92 Å². The van der Waals surface area contributed by atoms with Gasteiger partial charge in [-0.05, 0) is 55.2 Å². The molecule has 188 valence electrons. The Bertz CT molecular complexity index is 1280. The molecule has 1 amide bonds. The number of nitrogens with zero attached hydrogens (tertiary/aromatic N) is 2. The minimum absolute atomic E-state index is 0.0844. The molecule has 0 unspecified atom stereocenters. The lowest BCUT2D eigenvalue weighted by Crippen LogP contribution is -2.26. The van der Waals surface area contributed by atoms with Crippen molar-refractivity contribution in [1.29, 1.82) is 0 Å². The normalized spacial score (nSPS) is 10.9. The van der Waals surface area contributed by atoms with Crippen LogP contribution in [0.2, 0.25) is 0 Å². The van der Waals surface area contributed by atoms with E-state index in [0.717, 1.165) is 65.2 Å². The number of carbonyl (C=O) groups is 1. The highest BCUT2D eigenvalue weighted by atomic mass is 16.5. The number of nitrogens with one attached hydrogen (secondary N) is 1. The highest BCUT2D eigenvalue weighted by Gasteiger charge is 2.11. The molecule has 4 rings (SSSR count). The van der Waals surface area contributed by atoms with E-state index in [-0.39, 0.29) is 5.91 Å². The molecular weight excluding hydrogens is 450 g/mol. The van der Waals surface area contributed by atoms with Crippen LogP contribution in [0.25, 0.3) is 11.0 Å². The highest BCUT2D eigenvalue weighted by Crippen LogP contribution is 2.26. The molecule has 0 saturated heterocycles. The molecule has 0 radical (unpaired) electrons. The van der Waals surface area contributed by atoms with Crippen molar-refractivity contribution in [2.45, 2.75) is 45.6 Å². The van der Waals surface area contributed by atoms with Gasteiger partial charge in [0, 0.05) is 13.0 Å². The van der Waals surface area contributed by atoms with Gasteiger partial charge in [-0.1, -0.05) is 55.0 Å². The van der Waals surface area contributed by atoms with Crippen molar-refractivity contribution in [3.63, 3.8) is 0 Å². The Kier molecular flexibility index (Phi) is 8.98. The molecule has 36 heavy (non-hydrogen) atoms. The minimum atomic E-state index is 0.0844. The number of hydrogen-bond acceptors (Lipinski definition) is 4. The van der Waals surface area contributed by atoms with E-state index in [4.69, 9.17) is 14.5 Å². The second-order valence-electron chi connectivity index (χ2n) is 8.93. The maximum atomic E-state index is 12.3. The quantitative estimate of drug-likeness (QED) is 0.254. The van der Waals surface area contributed by atoms with Gasteiger partial charge in [-0.15, -0.1) is 0 Å². The molecular formula is C30H35N3O3. The zero-order valence-corrected chi connectivity index (χ0v) is 21.2. The van der Waals surface area contributed by atoms with Gasteiger partial charge in [-0.3, -0.25) is 4.79 Å². The molecule has 0 fully saturated rings. The van der Waals surface area contributed by atoms with Crippen molar-refractivity contribution in [3.8, 4) is 11.5 Å². The molecule has 0 spiro atoms. The molecule has 1 aromatic heterocycles. The molecule has 4 aromatic rings. The standard InChI is InChI=1S/C30H35N3O3/c1-23-12-5-6-13-24(23)22-30(34)31-19-11-3-4-18-29-32-25-14-7-8-15-26(25)33(29)20-21-36-28-17-10-9-16-27(28)35-2/h5-10,12-17H,3-4,11,18-22H2,1-2H3,(H,31,34). The van der Waals surface area contributed by atoms with Gasteiger partial charge >= 0.3 is 0 Å². The maximum absolute atomic E-state index is 12.3. The predicted molar refractivity (Wildman–Crippen MR) is 144 cm³/mol. The van der Waals surface area contributed by atoms with Gasteiger partial charge < -0.3 is 19.4 Å². The molecule has 0 aliphatic carbocycles. The van der Waals surface area contributed by atoms with Gasteiger partial charge in [-0.2, -0.15) is 0 Å². The van der Waals surface area contributed by atoms with Crippen LogP contribution in [-0.4, -0.2) is 35.7 Å². The van der Waals surface area contributed by atoms with Crippen LogP contribution in [0.15, 0.2) is 72.8 Å². The number of benzene rings is 3. The summed E-state index contributed by atoms with van der Waals surface area (Å²) >= 11 is 0. The van der Waals surface area contributed by atoms with Gasteiger partial charge in [-0.25, -0.2) is 4.98 Å². The number of carbonyl (C=O) groups excluding carboxylic acids is 1. The summed E-state index contributed by atoms with van der Waals surface area (Å²) in [5, 5.41) is 3.06. The second kappa shape index (κ2) is 12.8. The number of para-hydroxylation sites is 4. The van der Waals surface area contributed by atoms with Crippen molar-refractivity contribution >= 4 is 16.9 Å². The van der Waals surface area contributed by atoms with Gasteiger partial charge in [0.2, 0.25) is 5.91 Å². The predicted octanol–water partition coefficient (Wildman–Crippen LogP) is 5.50. The van der Waals surface area contributed by atoms with Crippen molar-refractivity contribution in [2.24, 2.45) is 0 Å². The van der Waals surface area contributed by atoms with Gasteiger partial charge in [0.15, 0.2) is 11.5 Å². The first-order valence-corrected chi connectivity index (χ1v) is 12.7. The Morgan fingerprint density at radius 3 is 2.50 bits per heavy atom. The van der Waals surface area contributed by atoms with Crippen LogP contribution in [0.3, 0.4) is 0 Å². The lowest BCUT2D eigenvalue weighted by Gasteiger charge is -2.13. The SMILES string of the molecule is COc1ccccc1OCCn1c(CCCCCNC(=O)Cc2ccccc2C)nc2ccccc21. The number of aromatic nitrogens is 2. The Morgan fingerprint density at radius 2 is 1.67 bits per heavy atom. The lowest BCUT2D eigenvalue weighted by molar-refractivity contribution is -0.120. The maximum Gasteiger partial charge on any atom is 0.224 e. The molecule has 0 bridgehead atoms. The first-order chi connectivity index (χ1) is 17.7. The molecule has 0 aliphatic rings. The van der Waals surface area contributed by atoms with Gasteiger partial charge in [0.25, 0.3) is 0 Å². The summed E-state index contributed by atoms with van der Waals surface area (Å²) in [6.07, 6.45) is 4.33. The molecule has 3 aromatic carbocycles. The summed E-state index contributed by atoms with van der Waals surface area (Å²) in [5.41, 5.74) is 4.38. The third-order valence-corrected chi connectivity index (χ3v) is 6.39. The van der Waals surface area contributed by atoms with E-state index in [1.54, 1.807) is 7.11 Å². The molecule has 0 saturated carbocycles. The van der Waals surface area contributed by atoms with E-state index in [1.807, 2.05) is 67.6 Å². The zero-order valence-electron chi connectivity index (χ0n) is 21.2. The fourth-order valence-corrected chi connectivity index (χ4v) is 4.41. The number of unbranched alkanes of at least 4 members (excludes halogenated alkanes) is 2. The fraction of sp³-hybridized carbons (Fsp3) is 0.333. The molecule has 6 heteroatoms. The van der Waals surface area contributed by atoms with Crippen molar-refractivity contribution in [1.82, 2.24) is 14.9 Å². The first-order valence-electron chi connectivity index (χ1n) is 12.7. The molecule has 6 nitrogen and oxygen atoms in total. The third kappa shape index (κ3) is 6.66. The molecule has 0 atom stereocenters. The number of rotatable bonds is 13. The molecule has 1 N–H and O–H groups in total. The number of methoxy groups -OCH3 is 1. The van der Waals surface area contributed by atoms with Crippen molar-refractivity contribution in [3.05, 3.63) is 89.7 Å². The van der Waals surface area contributed by atoms with Crippen LogP contribution >= 0.6 is 0 Å². The van der Waals surface area contributed by atoms with Crippen molar-refractivity contribution < 1.29 is 14.3 Å². The number of fused-ring (bicyclic) bond motifs is 1. The Hall–Kier alpha value is -3.80. The van der Waals surface area contributed by atoms with E-state index in [2.05, 4.69) is 22.0 Å². The van der Waals surface area contributed by atoms with E-state index < -0.39 is 0 Å². The number of imidazole rings is 1. The molecule has 0 aliphatic heterocycles. The van der Waals surface area contributed by atoms with Crippen LogP contribution in [-0.2, 0) is 24.2 Å². The van der Waals surface area contributed by atoms with Gasteiger partial charge in [0.05, 0.1) is 31.1 Å². The Morgan fingerprint density at radius 1 is 0.917 bits per heavy atom. The highest BCUT2D eigenvalue weighted by molar-refractivity contribution is 5.78. The number of amides is 1. The summed E-state index contributed by atoms with van der Waals surface area (Å²) in [4.78, 5) is 17.1. The molecule has 1 heterocycles. The fourth-order valence-electron chi connectivity index (χ4n) is 4.41. The first kappa shape index (κ1) is 25.3. The Labute approximate surface area is 213 Å². The largest absolute Gasteiger partial charge is 0.493 e. The van der Waals surface area contributed by atoms with Crippen LogP contribution in [0.1, 0.15) is 36.2 Å². The average Bonchev–Trinajstić information content (AvgIpc) is 3.25. The summed E-state index contributed by atoms with van der Waals surface area (Å²) in [6.45, 7) is 3.98. The summed E-state index contributed by atoms with van der Waals surface area (Å²) in [6, 6.07) is 24.0. The topological polar surface area (TPSA) is 65.4 Å². The van der Waals surface area contributed by atoms with Gasteiger partial charge in [0.1, 0.15) is 12.4 Å². The average molecular weight is 486 g/mol. The van der Waals surface area contributed by atoms with E-state index in [9.17, 15) is 4.79 Å². The smallest absolute Gasteiger partial charge is 0.224 e. The minimum Gasteiger partial charge on any atom is -0.493 e. The number of hydrogen-bond donors (Lipinski definition) is 1. The van der Waals surface area contributed by atoms with Crippen LogP contribution in [0.4, 0.5) is 0 Å².